The molecule has 160 valence electrons. The largest absolute Gasteiger partial charge is 0.497 e. The lowest BCUT2D eigenvalue weighted by Gasteiger charge is -2.35. The van der Waals surface area contributed by atoms with Gasteiger partial charge in [0.15, 0.2) is 5.96 Å². The number of hydrogen-bond donors (Lipinski definition) is 2. The van der Waals surface area contributed by atoms with Crippen LogP contribution in [0.2, 0.25) is 0 Å². The highest BCUT2D eigenvalue weighted by molar-refractivity contribution is 14.0. The van der Waals surface area contributed by atoms with Crippen LogP contribution in [-0.2, 0) is 11.3 Å². The molecule has 1 atom stereocenters. The van der Waals surface area contributed by atoms with Crippen molar-refractivity contribution >= 4 is 41.3 Å². The van der Waals surface area contributed by atoms with Gasteiger partial charge in [0, 0.05) is 26.2 Å². The van der Waals surface area contributed by atoms with Crippen LogP contribution in [0.4, 0.5) is 0 Å². The van der Waals surface area contributed by atoms with E-state index in [4.69, 9.17) is 14.5 Å². The maximum absolute atomic E-state index is 5.55. The van der Waals surface area contributed by atoms with Gasteiger partial charge in [0.25, 0.3) is 0 Å². The van der Waals surface area contributed by atoms with Crippen molar-refractivity contribution < 1.29 is 9.47 Å². The van der Waals surface area contributed by atoms with E-state index in [0.29, 0.717) is 6.54 Å². The molecule has 1 aromatic carbocycles. The molecule has 8 heteroatoms. The summed E-state index contributed by atoms with van der Waals surface area (Å²) in [7, 11) is 1.70. The van der Waals surface area contributed by atoms with E-state index in [9.17, 15) is 0 Å². The molecular weight excluding hydrogens is 499 g/mol. The predicted molar refractivity (Wildman–Crippen MR) is 131 cm³/mol. The molecule has 3 rings (SSSR count). The summed E-state index contributed by atoms with van der Waals surface area (Å²) in [4.78, 5) is 7.20. The van der Waals surface area contributed by atoms with E-state index in [1.807, 2.05) is 12.1 Å². The number of rotatable bonds is 8. The van der Waals surface area contributed by atoms with Gasteiger partial charge in [-0.3, -0.25) is 4.90 Å². The third kappa shape index (κ3) is 7.44. The number of thiophene rings is 1. The Labute approximate surface area is 194 Å². The van der Waals surface area contributed by atoms with E-state index in [1.165, 1.54) is 11.1 Å². The molecule has 0 saturated carbocycles. The fourth-order valence-electron chi connectivity index (χ4n) is 3.26. The summed E-state index contributed by atoms with van der Waals surface area (Å²) >= 11 is 1.70. The number of nitrogens with zero attached hydrogens (tertiary/aromatic N) is 2. The van der Waals surface area contributed by atoms with Crippen molar-refractivity contribution in [2.24, 2.45) is 4.99 Å². The quantitative estimate of drug-likeness (QED) is 0.311. The van der Waals surface area contributed by atoms with Crippen LogP contribution in [0.15, 0.2) is 46.1 Å². The lowest BCUT2D eigenvalue weighted by Crippen LogP contribution is -2.46. The molecular formula is C21H31IN4O2S. The molecule has 2 aromatic rings. The van der Waals surface area contributed by atoms with E-state index in [2.05, 4.69) is 51.4 Å². The van der Waals surface area contributed by atoms with Crippen molar-refractivity contribution in [3.05, 3.63) is 52.2 Å². The molecule has 0 amide bonds. The number of morpholine rings is 1. The fourth-order valence-corrected chi connectivity index (χ4v) is 3.92. The molecule has 2 heterocycles. The second-order valence-electron chi connectivity index (χ2n) is 6.64. The van der Waals surface area contributed by atoms with Gasteiger partial charge in [0.1, 0.15) is 5.75 Å². The summed E-state index contributed by atoms with van der Waals surface area (Å²) in [6.45, 7) is 7.80. The summed E-state index contributed by atoms with van der Waals surface area (Å²) in [5.41, 5.74) is 2.51. The molecule has 1 aliphatic heterocycles. The number of aliphatic imine (C=N–C) groups is 1. The summed E-state index contributed by atoms with van der Waals surface area (Å²) in [6.07, 6.45) is 0. The maximum Gasteiger partial charge on any atom is 0.191 e. The Morgan fingerprint density at radius 3 is 2.59 bits per heavy atom. The number of methoxy groups -OCH3 is 1. The molecule has 1 unspecified atom stereocenters. The normalized spacial score (nSPS) is 16.0. The lowest BCUT2D eigenvalue weighted by atomic mass is 10.0. The minimum Gasteiger partial charge on any atom is -0.497 e. The molecule has 1 aromatic heterocycles. The van der Waals surface area contributed by atoms with Crippen LogP contribution < -0.4 is 15.4 Å². The number of guanidine groups is 1. The second kappa shape index (κ2) is 13.0. The molecule has 0 bridgehead atoms. The molecule has 0 spiro atoms. The van der Waals surface area contributed by atoms with Gasteiger partial charge in [-0.1, -0.05) is 12.1 Å². The van der Waals surface area contributed by atoms with Crippen molar-refractivity contribution in [1.29, 1.82) is 0 Å². The first-order chi connectivity index (χ1) is 13.8. The fraction of sp³-hybridized carbons (Fsp3) is 0.476. The van der Waals surface area contributed by atoms with Crippen LogP contribution in [-0.4, -0.2) is 57.4 Å². The molecule has 1 fully saturated rings. The SMILES string of the molecule is CCNC(=NCc1ccsc1)NCC(c1ccc(OC)cc1)N1CCOCC1.I. The molecule has 0 aliphatic carbocycles. The molecule has 2 N–H and O–H groups in total. The molecule has 1 saturated heterocycles. The zero-order chi connectivity index (χ0) is 19.6. The smallest absolute Gasteiger partial charge is 0.191 e. The Morgan fingerprint density at radius 1 is 1.21 bits per heavy atom. The third-order valence-electron chi connectivity index (χ3n) is 4.79. The van der Waals surface area contributed by atoms with Gasteiger partial charge in [-0.15, -0.1) is 24.0 Å². The van der Waals surface area contributed by atoms with Crippen LogP contribution in [0.1, 0.15) is 24.1 Å². The van der Waals surface area contributed by atoms with E-state index >= 15 is 0 Å². The summed E-state index contributed by atoms with van der Waals surface area (Å²) < 4.78 is 10.9. The van der Waals surface area contributed by atoms with Crippen LogP contribution in [0.5, 0.6) is 5.75 Å². The predicted octanol–water partition coefficient (Wildman–Crippen LogP) is 3.50. The van der Waals surface area contributed by atoms with Crippen LogP contribution in [0, 0.1) is 0 Å². The van der Waals surface area contributed by atoms with Gasteiger partial charge >= 0.3 is 0 Å². The molecule has 1 aliphatic rings. The topological polar surface area (TPSA) is 58.1 Å². The third-order valence-corrected chi connectivity index (χ3v) is 5.53. The van der Waals surface area contributed by atoms with Crippen LogP contribution in [0.25, 0.3) is 0 Å². The molecule has 0 radical (unpaired) electrons. The van der Waals surface area contributed by atoms with Crippen LogP contribution in [0.3, 0.4) is 0 Å². The van der Waals surface area contributed by atoms with E-state index < -0.39 is 0 Å². The summed E-state index contributed by atoms with van der Waals surface area (Å²) in [5, 5.41) is 11.1. The highest BCUT2D eigenvalue weighted by Gasteiger charge is 2.23. The van der Waals surface area contributed by atoms with Gasteiger partial charge in [-0.25, -0.2) is 4.99 Å². The average Bonchev–Trinajstić information content (AvgIpc) is 3.27. The maximum atomic E-state index is 5.55. The monoisotopic (exact) mass is 530 g/mol. The van der Waals surface area contributed by atoms with Crippen molar-refractivity contribution in [2.45, 2.75) is 19.5 Å². The average molecular weight is 530 g/mol. The summed E-state index contributed by atoms with van der Waals surface area (Å²) in [6, 6.07) is 10.7. The zero-order valence-corrected chi connectivity index (χ0v) is 20.2. The number of benzene rings is 1. The zero-order valence-electron chi connectivity index (χ0n) is 17.1. The first-order valence-electron chi connectivity index (χ1n) is 9.79. The Hall–Kier alpha value is -1.36. The highest BCUT2D eigenvalue weighted by atomic mass is 127. The van der Waals surface area contributed by atoms with Gasteiger partial charge < -0.3 is 20.1 Å². The van der Waals surface area contributed by atoms with Crippen LogP contribution >= 0.6 is 35.3 Å². The molecule has 29 heavy (non-hydrogen) atoms. The van der Waals surface area contributed by atoms with Crippen molar-refractivity contribution in [2.75, 3.05) is 46.5 Å². The Balaban J connectivity index is 0.00000300. The number of halogens is 1. The van der Waals surface area contributed by atoms with Gasteiger partial charge in [0.2, 0.25) is 0 Å². The van der Waals surface area contributed by atoms with Gasteiger partial charge in [-0.05, 0) is 47.0 Å². The number of hydrogen-bond acceptors (Lipinski definition) is 5. The van der Waals surface area contributed by atoms with Gasteiger partial charge in [-0.2, -0.15) is 11.3 Å². The van der Waals surface area contributed by atoms with Gasteiger partial charge in [0.05, 0.1) is 32.9 Å². The second-order valence-corrected chi connectivity index (χ2v) is 7.42. The van der Waals surface area contributed by atoms with Crippen molar-refractivity contribution in [3.8, 4) is 5.75 Å². The van der Waals surface area contributed by atoms with E-state index in [-0.39, 0.29) is 30.0 Å². The standard InChI is InChI=1S/C21H30N4O2S.HI/c1-3-22-21(23-14-17-8-13-28-16-17)24-15-20(25-9-11-27-12-10-25)18-4-6-19(26-2)7-5-18;/h4-8,13,16,20H,3,9-12,14-15H2,1-2H3,(H2,22,23,24);1H. The Bertz CT molecular complexity index is 719. The number of ether oxygens (including phenoxy) is 2. The van der Waals surface area contributed by atoms with E-state index in [0.717, 1.165) is 51.1 Å². The Kier molecular flexibility index (Phi) is 10.8. The highest BCUT2D eigenvalue weighted by Crippen LogP contribution is 2.23. The Morgan fingerprint density at radius 2 is 1.97 bits per heavy atom. The van der Waals surface area contributed by atoms with Crippen molar-refractivity contribution in [3.63, 3.8) is 0 Å². The first-order valence-corrected chi connectivity index (χ1v) is 10.7. The minimum atomic E-state index is 0. The number of nitrogens with one attached hydrogen (secondary N) is 2. The van der Waals surface area contributed by atoms with Crippen molar-refractivity contribution in [1.82, 2.24) is 15.5 Å². The summed E-state index contributed by atoms with van der Waals surface area (Å²) in [5.74, 6) is 1.73. The minimum absolute atomic E-state index is 0. The first kappa shape index (κ1) is 23.9. The molecule has 6 nitrogen and oxygen atoms in total. The lowest BCUT2D eigenvalue weighted by molar-refractivity contribution is 0.0170. The van der Waals surface area contributed by atoms with E-state index in [1.54, 1.807) is 18.4 Å².